The van der Waals surface area contributed by atoms with Crippen molar-refractivity contribution in [1.82, 2.24) is 19.3 Å². The number of halogens is 1. The van der Waals surface area contributed by atoms with Crippen LogP contribution in [0.15, 0.2) is 104 Å². The van der Waals surface area contributed by atoms with E-state index in [0.717, 1.165) is 45.9 Å². The van der Waals surface area contributed by atoms with Gasteiger partial charge >= 0.3 is 21.1 Å². The van der Waals surface area contributed by atoms with Gasteiger partial charge in [0.2, 0.25) is 0 Å². The maximum absolute atomic E-state index is 14.2. The zero-order chi connectivity index (χ0) is 30.2. The molecule has 0 aliphatic heterocycles. The van der Waals surface area contributed by atoms with Gasteiger partial charge in [-0.1, -0.05) is 55.8 Å². The van der Waals surface area contributed by atoms with E-state index in [1.165, 1.54) is 35.0 Å². The normalized spacial score (nSPS) is 11.3. The van der Waals surface area contributed by atoms with Crippen LogP contribution in [0, 0.1) is 30.8 Å². The van der Waals surface area contributed by atoms with Crippen molar-refractivity contribution in [3.05, 3.63) is 133 Å². The molecule has 0 atom stereocenters. The number of para-hydroxylation sites is 1. The number of aryl methyl sites for hydroxylation is 2. The Balaban J connectivity index is 0.00000357. The zero-order valence-electron chi connectivity index (χ0n) is 25.2. The van der Waals surface area contributed by atoms with Crippen LogP contribution in [0.1, 0.15) is 31.4 Å². The molecule has 0 N–H and O–H groups in total. The summed E-state index contributed by atoms with van der Waals surface area (Å²) in [6, 6.07) is 33.7. The summed E-state index contributed by atoms with van der Waals surface area (Å²) in [7, 11) is 0. The number of pyridine rings is 1. The summed E-state index contributed by atoms with van der Waals surface area (Å²) in [5.74, 6) is 1.82. The minimum absolute atomic E-state index is 0. The Labute approximate surface area is 276 Å². The molecule has 4 aromatic carbocycles. The van der Waals surface area contributed by atoms with Crippen molar-refractivity contribution in [2.45, 2.75) is 33.6 Å². The SMILES string of the molecule is Cc1cccc(CCC(C)C)c1-c1cnn(-c2[c-]c(Oc3[c-]c4c(cc3)c3ccccc3n4-c3cc(F)ccn3)ccc2)c1.[Pt+2]. The molecule has 0 saturated carbocycles. The second kappa shape index (κ2) is 12.8. The van der Waals surface area contributed by atoms with Gasteiger partial charge < -0.3 is 9.30 Å². The molecule has 7 rings (SSSR count). The van der Waals surface area contributed by atoms with E-state index in [1.807, 2.05) is 70.0 Å². The van der Waals surface area contributed by atoms with E-state index >= 15 is 0 Å². The fraction of sp³-hybridized carbons (Fsp3) is 0.158. The topological polar surface area (TPSA) is 44.9 Å². The van der Waals surface area contributed by atoms with Crippen LogP contribution in [-0.2, 0) is 27.5 Å². The number of fused-ring (bicyclic) bond motifs is 3. The van der Waals surface area contributed by atoms with E-state index in [2.05, 4.69) is 67.4 Å². The predicted octanol–water partition coefficient (Wildman–Crippen LogP) is 9.46. The minimum Gasteiger partial charge on any atom is -0.509 e. The van der Waals surface area contributed by atoms with Crippen LogP contribution >= 0.6 is 0 Å². The summed E-state index contributed by atoms with van der Waals surface area (Å²) in [4.78, 5) is 4.44. The third-order valence-electron chi connectivity index (χ3n) is 7.93. The van der Waals surface area contributed by atoms with E-state index in [1.54, 1.807) is 0 Å². The molecule has 45 heavy (non-hydrogen) atoms. The van der Waals surface area contributed by atoms with Gasteiger partial charge in [0, 0.05) is 41.0 Å². The summed E-state index contributed by atoms with van der Waals surface area (Å²) in [5.41, 5.74) is 7.35. The fourth-order valence-corrected chi connectivity index (χ4v) is 5.81. The van der Waals surface area contributed by atoms with Gasteiger partial charge in [0.1, 0.15) is 11.6 Å². The third kappa shape index (κ3) is 6.08. The van der Waals surface area contributed by atoms with Crippen molar-refractivity contribution < 1.29 is 30.2 Å². The average molecular weight is 774 g/mol. The molecule has 0 amide bonds. The smallest absolute Gasteiger partial charge is 0.509 e. The summed E-state index contributed by atoms with van der Waals surface area (Å²) in [6.45, 7) is 6.67. The molecule has 7 aromatic rings. The third-order valence-corrected chi connectivity index (χ3v) is 7.93. The first-order chi connectivity index (χ1) is 21.4. The number of aromatic nitrogens is 4. The van der Waals surface area contributed by atoms with Gasteiger partial charge in [0.05, 0.1) is 6.20 Å². The molecule has 5 nitrogen and oxygen atoms in total. The van der Waals surface area contributed by atoms with Gasteiger partial charge in [-0.05, 0) is 65.6 Å². The summed E-state index contributed by atoms with van der Waals surface area (Å²) >= 11 is 0. The number of hydrogen-bond acceptors (Lipinski definition) is 3. The second-order valence-electron chi connectivity index (χ2n) is 11.5. The van der Waals surface area contributed by atoms with Gasteiger partial charge in [-0.15, -0.1) is 35.7 Å². The van der Waals surface area contributed by atoms with Crippen LogP contribution in [0.5, 0.6) is 11.5 Å². The van der Waals surface area contributed by atoms with Crippen molar-refractivity contribution in [2.75, 3.05) is 0 Å². The molecule has 0 bridgehead atoms. The van der Waals surface area contributed by atoms with Gasteiger partial charge in [-0.2, -0.15) is 17.2 Å². The van der Waals surface area contributed by atoms with Gasteiger partial charge in [-0.3, -0.25) is 4.68 Å². The Morgan fingerprint density at radius 1 is 0.889 bits per heavy atom. The second-order valence-corrected chi connectivity index (χ2v) is 11.5. The van der Waals surface area contributed by atoms with Gasteiger partial charge in [-0.25, -0.2) is 9.37 Å². The standard InChI is InChI=1S/C38H31FN4O.Pt/c1-25(2)14-15-27-9-6-8-26(3)38(27)28-23-41-42(24-28)30-10-7-11-31(21-30)44-32-16-17-34-33-12-4-5-13-35(33)43(36(34)22-32)37-20-29(39)18-19-40-37;/h4-13,16-20,23-25H,14-15H2,1-3H3;/q-2;+2. The van der Waals surface area contributed by atoms with E-state index < -0.39 is 0 Å². The number of benzene rings is 4. The minimum atomic E-state index is -0.351. The Kier molecular flexibility index (Phi) is 8.69. The summed E-state index contributed by atoms with van der Waals surface area (Å²) < 4.78 is 24.2. The first-order valence-corrected chi connectivity index (χ1v) is 14.9. The molecule has 0 aliphatic rings. The Hall–Kier alpha value is -4.54. The molecule has 0 fully saturated rings. The van der Waals surface area contributed by atoms with Crippen molar-refractivity contribution >= 4 is 21.8 Å². The van der Waals surface area contributed by atoms with Crippen molar-refractivity contribution in [2.24, 2.45) is 5.92 Å². The number of hydrogen-bond donors (Lipinski definition) is 0. The quantitative estimate of drug-likeness (QED) is 0.145. The van der Waals surface area contributed by atoms with Crippen molar-refractivity contribution in [3.63, 3.8) is 0 Å². The van der Waals surface area contributed by atoms with Gasteiger partial charge in [0.15, 0.2) is 0 Å². The molecular formula is C38H31FN4OPt. The maximum Gasteiger partial charge on any atom is 2.00 e. The summed E-state index contributed by atoms with van der Waals surface area (Å²) in [5, 5.41) is 6.69. The molecule has 3 heterocycles. The molecular weight excluding hydrogens is 743 g/mol. The van der Waals surface area contributed by atoms with Crippen LogP contribution in [0.2, 0.25) is 0 Å². The average Bonchev–Trinajstić information content (AvgIpc) is 3.63. The monoisotopic (exact) mass is 773 g/mol. The molecule has 0 unspecified atom stereocenters. The number of ether oxygens (including phenoxy) is 1. The molecule has 226 valence electrons. The maximum atomic E-state index is 14.2. The fourth-order valence-electron chi connectivity index (χ4n) is 5.81. The van der Waals surface area contributed by atoms with Crippen molar-refractivity contribution in [1.29, 1.82) is 0 Å². The van der Waals surface area contributed by atoms with E-state index in [9.17, 15) is 4.39 Å². The number of nitrogens with zero attached hydrogens (tertiary/aromatic N) is 4. The Morgan fingerprint density at radius 3 is 2.56 bits per heavy atom. The first kappa shape index (κ1) is 30.5. The van der Waals surface area contributed by atoms with Crippen LogP contribution in [0.25, 0.3) is 44.4 Å². The Bertz CT molecular complexity index is 2130. The first-order valence-electron chi connectivity index (χ1n) is 14.9. The molecule has 7 heteroatoms. The zero-order valence-corrected chi connectivity index (χ0v) is 27.5. The Morgan fingerprint density at radius 2 is 1.71 bits per heavy atom. The van der Waals surface area contributed by atoms with Crippen LogP contribution < -0.4 is 4.74 Å². The molecule has 0 radical (unpaired) electrons. The van der Waals surface area contributed by atoms with E-state index in [-0.39, 0.29) is 26.9 Å². The molecule has 0 aliphatic carbocycles. The van der Waals surface area contributed by atoms with Crippen molar-refractivity contribution in [3.8, 4) is 34.1 Å². The number of rotatable bonds is 8. The predicted molar refractivity (Wildman–Crippen MR) is 173 cm³/mol. The van der Waals surface area contributed by atoms with E-state index in [4.69, 9.17) is 4.74 Å². The van der Waals surface area contributed by atoms with E-state index in [0.29, 0.717) is 23.2 Å². The van der Waals surface area contributed by atoms with Crippen LogP contribution in [0.4, 0.5) is 4.39 Å². The summed E-state index contributed by atoms with van der Waals surface area (Å²) in [6.07, 6.45) is 7.62. The van der Waals surface area contributed by atoms with Crippen LogP contribution in [-0.4, -0.2) is 19.3 Å². The molecule has 3 aromatic heterocycles. The van der Waals surface area contributed by atoms with Crippen LogP contribution in [0.3, 0.4) is 0 Å². The molecule has 0 saturated heterocycles. The largest absolute Gasteiger partial charge is 2.00 e. The molecule has 0 spiro atoms. The van der Waals surface area contributed by atoms with Gasteiger partial charge in [0.25, 0.3) is 0 Å².